The minimum atomic E-state index is -3.13. The zero-order valence-corrected chi connectivity index (χ0v) is 12.1. The Morgan fingerprint density at radius 2 is 1.94 bits per heavy atom. The van der Waals surface area contributed by atoms with Crippen LogP contribution in [0.25, 0.3) is 0 Å². The molecule has 104 valence electrons. The van der Waals surface area contributed by atoms with Gasteiger partial charge in [-0.05, 0) is 26.9 Å². The van der Waals surface area contributed by atoms with Crippen molar-refractivity contribution in [1.82, 2.24) is 14.5 Å². The number of nitrogens with one attached hydrogen (secondary N) is 1. The number of nitrogens with zero attached hydrogens (tertiary/aromatic N) is 3. The second-order valence-corrected chi connectivity index (χ2v) is 7.07. The maximum atomic E-state index is 11.4. The van der Waals surface area contributed by atoms with E-state index in [1.165, 1.54) is 10.6 Å². The number of nitriles is 1. The first-order valence-electron chi connectivity index (χ1n) is 6.05. The standard InChI is InChI=1S/C11H22N4O2S/c1-14(2)9-6-13-11(10-12)4-7-15(8-5-11)18(3,16)17/h13H,4-9H2,1-3H3. The summed E-state index contributed by atoms with van der Waals surface area (Å²) in [6, 6.07) is 2.31. The van der Waals surface area contributed by atoms with Crippen molar-refractivity contribution in [3.8, 4) is 6.07 Å². The Morgan fingerprint density at radius 1 is 1.39 bits per heavy atom. The number of likely N-dealkylation sites (N-methyl/N-ethyl adjacent to an activating group) is 1. The summed E-state index contributed by atoms with van der Waals surface area (Å²) < 4.78 is 24.3. The van der Waals surface area contributed by atoms with Crippen molar-refractivity contribution in [3.05, 3.63) is 0 Å². The average molecular weight is 274 g/mol. The van der Waals surface area contributed by atoms with Crippen LogP contribution in [0, 0.1) is 11.3 Å². The average Bonchev–Trinajstić information content (AvgIpc) is 2.28. The molecule has 18 heavy (non-hydrogen) atoms. The first-order chi connectivity index (χ1) is 8.29. The number of hydrogen-bond donors (Lipinski definition) is 1. The Bertz CT molecular complexity index is 405. The van der Waals surface area contributed by atoms with Gasteiger partial charge in [0.1, 0.15) is 5.54 Å². The van der Waals surface area contributed by atoms with Crippen molar-refractivity contribution in [2.24, 2.45) is 0 Å². The highest BCUT2D eigenvalue weighted by atomic mass is 32.2. The highest BCUT2D eigenvalue weighted by Crippen LogP contribution is 2.22. The molecule has 7 heteroatoms. The van der Waals surface area contributed by atoms with Gasteiger partial charge in [-0.2, -0.15) is 5.26 Å². The summed E-state index contributed by atoms with van der Waals surface area (Å²) in [5, 5.41) is 12.6. The van der Waals surface area contributed by atoms with Crippen molar-refractivity contribution >= 4 is 10.0 Å². The van der Waals surface area contributed by atoms with Crippen molar-refractivity contribution in [2.75, 3.05) is 46.5 Å². The first kappa shape index (κ1) is 15.4. The Labute approximate surface area is 110 Å². The zero-order chi connectivity index (χ0) is 13.8. The van der Waals surface area contributed by atoms with E-state index in [1.54, 1.807) is 0 Å². The van der Waals surface area contributed by atoms with Crippen LogP contribution in [-0.4, -0.2) is 69.7 Å². The van der Waals surface area contributed by atoms with Crippen molar-refractivity contribution in [1.29, 1.82) is 5.26 Å². The lowest BCUT2D eigenvalue weighted by atomic mass is 9.90. The fraction of sp³-hybridized carbons (Fsp3) is 0.909. The third-order valence-corrected chi connectivity index (χ3v) is 4.58. The van der Waals surface area contributed by atoms with Gasteiger partial charge in [-0.1, -0.05) is 0 Å². The first-order valence-corrected chi connectivity index (χ1v) is 7.90. The molecule has 1 heterocycles. The van der Waals surface area contributed by atoms with Crippen LogP contribution in [0.4, 0.5) is 0 Å². The van der Waals surface area contributed by atoms with E-state index in [-0.39, 0.29) is 0 Å². The van der Waals surface area contributed by atoms with Gasteiger partial charge in [0, 0.05) is 26.2 Å². The van der Waals surface area contributed by atoms with Crippen LogP contribution in [0.5, 0.6) is 0 Å². The molecule has 0 bridgehead atoms. The maximum Gasteiger partial charge on any atom is 0.211 e. The summed E-state index contributed by atoms with van der Waals surface area (Å²) in [6.07, 6.45) is 2.31. The minimum absolute atomic E-state index is 0.418. The summed E-state index contributed by atoms with van der Waals surface area (Å²) in [6.45, 7) is 2.43. The monoisotopic (exact) mass is 274 g/mol. The molecule has 1 fully saturated rings. The molecule has 0 aliphatic carbocycles. The molecular weight excluding hydrogens is 252 g/mol. The Balaban J connectivity index is 2.53. The lowest BCUT2D eigenvalue weighted by Gasteiger charge is -2.36. The van der Waals surface area contributed by atoms with E-state index in [9.17, 15) is 13.7 Å². The predicted octanol–water partition coefficient (Wildman–Crippen LogP) is -0.545. The molecule has 0 amide bonds. The van der Waals surface area contributed by atoms with E-state index < -0.39 is 15.6 Å². The van der Waals surface area contributed by atoms with Gasteiger partial charge in [0.25, 0.3) is 0 Å². The van der Waals surface area contributed by atoms with Crippen LogP contribution in [-0.2, 0) is 10.0 Å². The third kappa shape index (κ3) is 4.21. The normalized spacial score (nSPS) is 20.8. The van der Waals surface area contributed by atoms with Gasteiger partial charge in [-0.3, -0.25) is 5.32 Å². The Kier molecular flexibility index (Phi) is 5.10. The lowest BCUT2D eigenvalue weighted by molar-refractivity contribution is 0.234. The molecule has 0 saturated carbocycles. The summed E-state index contributed by atoms with van der Waals surface area (Å²) in [7, 11) is 0.828. The molecule has 6 nitrogen and oxygen atoms in total. The molecule has 0 unspecified atom stereocenters. The third-order valence-electron chi connectivity index (χ3n) is 3.28. The van der Waals surface area contributed by atoms with E-state index >= 15 is 0 Å². The fourth-order valence-electron chi connectivity index (χ4n) is 2.05. The molecule has 1 N–H and O–H groups in total. The molecule has 1 saturated heterocycles. The molecule has 0 spiro atoms. The lowest BCUT2D eigenvalue weighted by Crippen LogP contribution is -2.54. The topological polar surface area (TPSA) is 76.4 Å². The zero-order valence-electron chi connectivity index (χ0n) is 11.3. The highest BCUT2D eigenvalue weighted by molar-refractivity contribution is 7.88. The van der Waals surface area contributed by atoms with Gasteiger partial charge in [-0.25, -0.2) is 12.7 Å². The fourth-order valence-corrected chi connectivity index (χ4v) is 2.89. The Morgan fingerprint density at radius 3 is 2.33 bits per heavy atom. The SMILES string of the molecule is CN(C)CCNC1(C#N)CCN(S(C)(=O)=O)CC1. The molecule has 0 radical (unpaired) electrons. The van der Waals surface area contributed by atoms with Gasteiger partial charge in [0.2, 0.25) is 10.0 Å². The number of sulfonamides is 1. The predicted molar refractivity (Wildman–Crippen MR) is 70.6 cm³/mol. The number of piperidine rings is 1. The molecule has 1 aliphatic heterocycles. The summed E-state index contributed by atoms with van der Waals surface area (Å²) in [5.41, 5.74) is -0.572. The van der Waals surface area contributed by atoms with Gasteiger partial charge >= 0.3 is 0 Å². The second-order valence-electron chi connectivity index (χ2n) is 5.09. The van der Waals surface area contributed by atoms with Crippen LogP contribution >= 0.6 is 0 Å². The summed E-state index contributed by atoms with van der Waals surface area (Å²) in [4.78, 5) is 2.05. The minimum Gasteiger partial charge on any atom is -0.308 e. The molecule has 0 aromatic rings. The number of rotatable bonds is 5. The van der Waals surface area contributed by atoms with Crippen molar-refractivity contribution < 1.29 is 8.42 Å². The van der Waals surface area contributed by atoms with E-state index in [2.05, 4.69) is 11.4 Å². The maximum absolute atomic E-state index is 11.4. The van der Waals surface area contributed by atoms with Crippen LogP contribution in [0.2, 0.25) is 0 Å². The smallest absolute Gasteiger partial charge is 0.211 e. The van der Waals surface area contributed by atoms with E-state index in [0.717, 1.165) is 13.1 Å². The largest absolute Gasteiger partial charge is 0.308 e. The molecule has 0 aromatic heterocycles. The molecular formula is C11H22N4O2S. The van der Waals surface area contributed by atoms with Crippen LogP contribution < -0.4 is 5.32 Å². The summed E-state index contributed by atoms with van der Waals surface area (Å²) >= 11 is 0. The number of hydrogen-bond acceptors (Lipinski definition) is 5. The van der Waals surface area contributed by atoms with Gasteiger partial charge < -0.3 is 4.90 Å². The summed E-state index contributed by atoms with van der Waals surface area (Å²) in [5.74, 6) is 0. The van der Waals surface area contributed by atoms with Crippen LogP contribution in [0.1, 0.15) is 12.8 Å². The second kappa shape index (κ2) is 5.97. The van der Waals surface area contributed by atoms with Gasteiger partial charge in [0.05, 0.1) is 12.3 Å². The highest BCUT2D eigenvalue weighted by Gasteiger charge is 2.36. The van der Waals surface area contributed by atoms with Crippen LogP contribution in [0.15, 0.2) is 0 Å². The molecule has 1 aliphatic rings. The molecule has 0 aromatic carbocycles. The quantitative estimate of drug-likeness (QED) is 0.728. The van der Waals surface area contributed by atoms with Crippen molar-refractivity contribution in [2.45, 2.75) is 18.4 Å². The van der Waals surface area contributed by atoms with Gasteiger partial charge in [-0.15, -0.1) is 0 Å². The van der Waals surface area contributed by atoms with Gasteiger partial charge in [0.15, 0.2) is 0 Å². The Hall–Kier alpha value is -0.680. The molecule has 0 atom stereocenters. The van der Waals surface area contributed by atoms with E-state index in [4.69, 9.17) is 0 Å². The molecule has 1 rings (SSSR count). The van der Waals surface area contributed by atoms with Crippen molar-refractivity contribution in [3.63, 3.8) is 0 Å². The van der Waals surface area contributed by atoms with E-state index in [0.29, 0.717) is 25.9 Å². The van der Waals surface area contributed by atoms with Crippen LogP contribution in [0.3, 0.4) is 0 Å². The van der Waals surface area contributed by atoms with E-state index in [1.807, 2.05) is 19.0 Å².